The quantitative estimate of drug-likeness (QED) is 0.477. The summed E-state index contributed by atoms with van der Waals surface area (Å²) in [6, 6.07) is 31.9. The minimum Gasteiger partial charge on any atom is -0.293 e. The fourth-order valence-corrected chi connectivity index (χ4v) is 4.02. The Hall–Kier alpha value is -3.16. The number of allylic oxidation sites excluding steroid dienone is 3. The van der Waals surface area contributed by atoms with E-state index in [-0.39, 0.29) is 11.0 Å². The highest BCUT2D eigenvalue weighted by Gasteiger charge is 2.36. The first-order chi connectivity index (χ1) is 14.1. The van der Waals surface area contributed by atoms with Gasteiger partial charge in [0, 0.05) is 5.41 Å². The molecule has 29 heavy (non-hydrogen) atoms. The SMILES string of the molecule is CN(C)C1(c2ccccc2)C=CC(C=Cc2ccccc2)(c2ccccc2)C=C1. The average Bonchev–Trinajstić information content (AvgIpc) is 2.80. The number of likely N-dealkylation sites (N-methyl/N-ethyl adjacent to an activating group) is 1. The predicted molar refractivity (Wildman–Crippen MR) is 124 cm³/mol. The predicted octanol–water partition coefficient (Wildman–Crippen LogP) is 6.22. The number of nitrogens with zero attached hydrogens (tertiary/aromatic N) is 1. The normalized spacial score (nSPS) is 23.7. The first-order valence-electron chi connectivity index (χ1n) is 10.1. The molecule has 0 unspecified atom stereocenters. The summed E-state index contributed by atoms with van der Waals surface area (Å²) in [5, 5.41) is 0. The van der Waals surface area contributed by atoms with E-state index < -0.39 is 0 Å². The maximum absolute atomic E-state index is 2.34. The van der Waals surface area contributed by atoms with E-state index in [0.717, 1.165) is 0 Å². The van der Waals surface area contributed by atoms with Crippen LogP contribution in [0.3, 0.4) is 0 Å². The molecule has 0 aliphatic heterocycles. The topological polar surface area (TPSA) is 3.24 Å². The monoisotopic (exact) mass is 377 g/mol. The fourth-order valence-electron chi connectivity index (χ4n) is 4.02. The van der Waals surface area contributed by atoms with Gasteiger partial charge in [-0.1, -0.05) is 127 Å². The van der Waals surface area contributed by atoms with Crippen LogP contribution in [0.2, 0.25) is 0 Å². The van der Waals surface area contributed by atoms with Gasteiger partial charge in [-0.3, -0.25) is 4.90 Å². The van der Waals surface area contributed by atoms with Crippen molar-refractivity contribution in [3.8, 4) is 0 Å². The molecule has 1 aliphatic rings. The Labute approximate surface area is 174 Å². The van der Waals surface area contributed by atoms with E-state index in [1.807, 2.05) is 0 Å². The lowest BCUT2D eigenvalue weighted by Gasteiger charge is -2.40. The summed E-state index contributed by atoms with van der Waals surface area (Å²) in [5.41, 5.74) is 3.22. The Balaban J connectivity index is 1.79. The van der Waals surface area contributed by atoms with Crippen molar-refractivity contribution < 1.29 is 0 Å². The third-order valence-electron chi connectivity index (χ3n) is 5.83. The van der Waals surface area contributed by atoms with Crippen molar-refractivity contribution in [3.05, 3.63) is 138 Å². The lowest BCUT2D eigenvalue weighted by atomic mass is 9.72. The summed E-state index contributed by atoms with van der Waals surface area (Å²) in [7, 11) is 4.27. The summed E-state index contributed by atoms with van der Waals surface area (Å²) in [4.78, 5) is 2.27. The Morgan fingerprint density at radius 1 is 0.586 bits per heavy atom. The van der Waals surface area contributed by atoms with Crippen molar-refractivity contribution in [1.82, 2.24) is 4.90 Å². The minimum atomic E-state index is -0.272. The van der Waals surface area contributed by atoms with Gasteiger partial charge in [-0.05, 0) is 30.8 Å². The van der Waals surface area contributed by atoms with Gasteiger partial charge in [-0.25, -0.2) is 0 Å². The molecule has 0 saturated carbocycles. The Morgan fingerprint density at radius 3 is 1.59 bits per heavy atom. The molecule has 4 rings (SSSR count). The van der Waals surface area contributed by atoms with E-state index >= 15 is 0 Å². The van der Waals surface area contributed by atoms with Gasteiger partial charge in [0.25, 0.3) is 0 Å². The molecule has 0 atom stereocenters. The molecule has 0 fully saturated rings. The van der Waals surface area contributed by atoms with Crippen molar-refractivity contribution in [2.75, 3.05) is 14.1 Å². The van der Waals surface area contributed by atoms with Crippen molar-refractivity contribution >= 4 is 6.08 Å². The third kappa shape index (κ3) is 3.74. The summed E-state index contributed by atoms with van der Waals surface area (Å²) in [6.45, 7) is 0. The van der Waals surface area contributed by atoms with Crippen molar-refractivity contribution in [1.29, 1.82) is 0 Å². The van der Waals surface area contributed by atoms with E-state index in [9.17, 15) is 0 Å². The first kappa shape index (κ1) is 19.2. The number of benzene rings is 3. The van der Waals surface area contributed by atoms with Crippen LogP contribution in [-0.4, -0.2) is 19.0 Å². The highest BCUT2D eigenvalue weighted by atomic mass is 15.1. The second-order valence-electron chi connectivity index (χ2n) is 7.80. The molecule has 1 aliphatic carbocycles. The Bertz CT molecular complexity index is 998. The van der Waals surface area contributed by atoms with Gasteiger partial charge in [-0.2, -0.15) is 0 Å². The molecule has 0 spiro atoms. The van der Waals surface area contributed by atoms with Gasteiger partial charge < -0.3 is 0 Å². The molecule has 1 nitrogen and oxygen atoms in total. The van der Waals surface area contributed by atoms with Crippen LogP contribution in [-0.2, 0) is 11.0 Å². The van der Waals surface area contributed by atoms with Gasteiger partial charge in [-0.15, -0.1) is 0 Å². The molecular weight excluding hydrogens is 350 g/mol. The second-order valence-corrected chi connectivity index (χ2v) is 7.80. The zero-order valence-electron chi connectivity index (χ0n) is 17.1. The molecule has 144 valence electrons. The van der Waals surface area contributed by atoms with E-state index in [2.05, 4.69) is 146 Å². The molecule has 3 aromatic carbocycles. The summed E-state index contributed by atoms with van der Waals surface area (Å²) < 4.78 is 0. The molecule has 0 saturated heterocycles. The van der Waals surface area contributed by atoms with Gasteiger partial charge in [0.05, 0.1) is 5.54 Å². The number of rotatable bonds is 5. The first-order valence-corrected chi connectivity index (χ1v) is 10.1. The van der Waals surface area contributed by atoms with Crippen LogP contribution in [0.1, 0.15) is 16.7 Å². The second kappa shape index (κ2) is 8.06. The van der Waals surface area contributed by atoms with Gasteiger partial charge in [0.2, 0.25) is 0 Å². The molecular formula is C28H27N. The molecule has 3 aromatic rings. The fraction of sp³-hybridized carbons (Fsp3) is 0.143. The molecule has 0 aromatic heterocycles. The van der Waals surface area contributed by atoms with Crippen LogP contribution in [0, 0.1) is 0 Å². The van der Waals surface area contributed by atoms with E-state index in [4.69, 9.17) is 0 Å². The lowest BCUT2D eigenvalue weighted by Crippen LogP contribution is -2.41. The maximum atomic E-state index is 2.34. The Morgan fingerprint density at radius 2 is 1.07 bits per heavy atom. The van der Waals surface area contributed by atoms with E-state index in [1.54, 1.807) is 0 Å². The summed E-state index contributed by atoms with van der Waals surface area (Å²) in [5.74, 6) is 0. The van der Waals surface area contributed by atoms with Crippen LogP contribution in [0.5, 0.6) is 0 Å². The summed E-state index contributed by atoms with van der Waals surface area (Å²) in [6.07, 6.45) is 13.9. The highest BCUT2D eigenvalue weighted by molar-refractivity contribution is 5.58. The lowest BCUT2D eigenvalue weighted by molar-refractivity contribution is 0.262. The third-order valence-corrected chi connectivity index (χ3v) is 5.83. The van der Waals surface area contributed by atoms with Gasteiger partial charge in [0.15, 0.2) is 0 Å². The number of hydrogen-bond acceptors (Lipinski definition) is 1. The number of hydrogen-bond donors (Lipinski definition) is 0. The van der Waals surface area contributed by atoms with Crippen LogP contribution in [0.4, 0.5) is 0 Å². The zero-order valence-corrected chi connectivity index (χ0v) is 17.1. The standard InChI is InChI=1S/C28H27N/c1-29(2)28(26-16-10-5-11-17-26)22-20-27(21-23-28,25-14-8-4-9-15-25)19-18-24-12-6-3-7-13-24/h3-23H,1-2H3. The maximum Gasteiger partial charge on any atom is 0.0828 e. The molecule has 0 amide bonds. The van der Waals surface area contributed by atoms with E-state index in [0.29, 0.717) is 0 Å². The molecule has 0 heterocycles. The molecule has 0 N–H and O–H groups in total. The van der Waals surface area contributed by atoms with Crippen LogP contribution < -0.4 is 0 Å². The Kier molecular flexibility index (Phi) is 5.33. The molecule has 0 bridgehead atoms. The van der Waals surface area contributed by atoms with Crippen molar-refractivity contribution in [3.63, 3.8) is 0 Å². The molecule has 0 radical (unpaired) electrons. The van der Waals surface area contributed by atoms with Crippen LogP contribution in [0.25, 0.3) is 6.08 Å². The summed E-state index contributed by atoms with van der Waals surface area (Å²) >= 11 is 0. The smallest absolute Gasteiger partial charge is 0.0828 e. The largest absolute Gasteiger partial charge is 0.293 e. The highest BCUT2D eigenvalue weighted by Crippen LogP contribution is 2.40. The van der Waals surface area contributed by atoms with Crippen LogP contribution >= 0.6 is 0 Å². The molecule has 1 heteroatoms. The van der Waals surface area contributed by atoms with Crippen molar-refractivity contribution in [2.45, 2.75) is 11.0 Å². The van der Waals surface area contributed by atoms with Crippen LogP contribution in [0.15, 0.2) is 121 Å². The minimum absolute atomic E-state index is 0.250. The zero-order chi connectivity index (χ0) is 20.2. The average molecular weight is 378 g/mol. The van der Waals surface area contributed by atoms with E-state index in [1.165, 1.54) is 16.7 Å². The van der Waals surface area contributed by atoms with Crippen molar-refractivity contribution in [2.24, 2.45) is 0 Å². The van der Waals surface area contributed by atoms with Gasteiger partial charge in [0.1, 0.15) is 0 Å². The van der Waals surface area contributed by atoms with Gasteiger partial charge >= 0.3 is 0 Å².